The van der Waals surface area contributed by atoms with Crippen molar-refractivity contribution in [2.75, 3.05) is 5.32 Å². The van der Waals surface area contributed by atoms with Crippen molar-refractivity contribution in [3.8, 4) is 11.3 Å². The molecule has 3 heterocycles. The monoisotopic (exact) mass is 438 g/mol. The molecule has 1 N–H and O–H groups in total. The van der Waals surface area contributed by atoms with Crippen LogP contribution in [0.5, 0.6) is 0 Å². The Morgan fingerprint density at radius 3 is 2.55 bits per heavy atom. The van der Waals surface area contributed by atoms with Gasteiger partial charge in [0.2, 0.25) is 5.91 Å². The zero-order valence-electron chi connectivity index (χ0n) is 17.5. The number of thiazole rings is 1. The number of hydrogen-bond donors (Lipinski definition) is 1. The molecule has 9 nitrogen and oxygen atoms in total. The maximum Gasteiger partial charge on any atom is 0.332 e. The quantitative estimate of drug-likeness (QED) is 0.497. The van der Waals surface area contributed by atoms with Crippen LogP contribution in [0.3, 0.4) is 0 Å². The molecule has 0 aliphatic carbocycles. The number of nitrogens with one attached hydrogen (secondary N) is 1. The van der Waals surface area contributed by atoms with E-state index in [1.165, 1.54) is 17.9 Å². The van der Waals surface area contributed by atoms with Gasteiger partial charge in [-0.3, -0.25) is 18.7 Å². The van der Waals surface area contributed by atoms with Crippen molar-refractivity contribution in [2.24, 2.45) is 14.1 Å². The predicted molar refractivity (Wildman–Crippen MR) is 120 cm³/mol. The highest BCUT2D eigenvalue weighted by Crippen LogP contribution is 2.23. The van der Waals surface area contributed by atoms with E-state index < -0.39 is 11.2 Å². The molecule has 1 amide bonds. The maximum absolute atomic E-state index is 12.5. The van der Waals surface area contributed by atoms with Gasteiger partial charge in [0.15, 0.2) is 11.2 Å². The highest BCUT2D eigenvalue weighted by atomic mass is 32.1. The first kappa shape index (κ1) is 20.7. The predicted octanol–water partition coefficient (Wildman–Crippen LogP) is 2.28. The zero-order chi connectivity index (χ0) is 22.1. The summed E-state index contributed by atoms with van der Waals surface area (Å²) in [6.07, 6.45) is 2.35. The van der Waals surface area contributed by atoms with Crippen molar-refractivity contribution < 1.29 is 4.79 Å². The van der Waals surface area contributed by atoms with Crippen LogP contribution >= 0.6 is 11.3 Å². The molecule has 10 heteroatoms. The van der Waals surface area contributed by atoms with Crippen LogP contribution in [-0.4, -0.2) is 29.6 Å². The lowest BCUT2D eigenvalue weighted by Gasteiger charge is -2.08. The minimum atomic E-state index is -0.418. The SMILES string of the molecule is Cc1nc(-c2ccc(NC(=O)CCCn3cnc4c3c(=O)n(C)c(=O)n4C)cc2)cs1. The zero-order valence-corrected chi connectivity index (χ0v) is 18.3. The Morgan fingerprint density at radius 1 is 1.13 bits per heavy atom. The topological polar surface area (TPSA) is 104 Å². The van der Waals surface area contributed by atoms with Gasteiger partial charge in [0.25, 0.3) is 5.56 Å². The Labute approximate surface area is 181 Å². The number of benzene rings is 1. The highest BCUT2D eigenvalue weighted by Gasteiger charge is 2.14. The third-order valence-corrected chi connectivity index (χ3v) is 5.88. The van der Waals surface area contributed by atoms with E-state index in [0.29, 0.717) is 30.6 Å². The van der Waals surface area contributed by atoms with Gasteiger partial charge in [-0.1, -0.05) is 12.1 Å². The number of carbonyl (C=O) groups excluding carboxylic acids is 1. The number of fused-ring (bicyclic) bond motifs is 1. The van der Waals surface area contributed by atoms with Gasteiger partial charge in [0, 0.05) is 43.7 Å². The number of amides is 1. The van der Waals surface area contributed by atoms with Gasteiger partial charge in [-0.05, 0) is 25.5 Å². The number of imidazole rings is 1. The van der Waals surface area contributed by atoms with E-state index >= 15 is 0 Å². The molecule has 1 aromatic carbocycles. The number of hydrogen-bond acceptors (Lipinski definition) is 6. The average Bonchev–Trinajstić information content (AvgIpc) is 3.38. The van der Waals surface area contributed by atoms with Gasteiger partial charge in [0.05, 0.1) is 17.0 Å². The number of anilines is 1. The summed E-state index contributed by atoms with van der Waals surface area (Å²) in [7, 11) is 3.02. The van der Waals surface area contributed by atoms with E-state index in [1.807, 2.05) is 36.6 Å². The fraction of sp³-hybridized carbons (Fsp3) is 0.286. The number of rotatable bonds is 6. The second-order valence-electron chi connectivity index (χ2n) is 7.30. The average molecular weight is 439 g/mol. The molecule has 0 fully saturated rings. The van der Waals surface area contributed by atoms with E-state index in [-0.39, 0.29) is 5.91 Å². The summed E-state index contributed by atoms with van der Waals surface area (Å²) in [4.78, 5) is 45.4. The number of aryl methyl sites for hydroxylation is 3. The van der Waals surface area contributed by atoms with Crippen LogP contribution in [0.25, 0.3) is 22.4 Å². The summed E-state index contributed by atoms with van der Waals surface area (Å²) in [6.45, 7) is 2.41. The molecule has 0 saturated heterocycles. The van der Waals surface area contributed by atoms with E-state index in [4.69, 9.17) is 0 Å². The first-order valence-electron chi connectivity index (χ1n) is 9.78. The molecular formula is C21H22N6O3S. The Bertz CT molecular complexity index is 1380. The van der Waals surface area contributed by atoms with Crippen molar-refractivity contribution in [3.63, 3.8) is 0 Å². The number of aromatic nitrogens is 5. The highest BCUT2D eigenvalue weighted by molar-refractivity contribution is 7.09. The summed E-state index contributed by atoms with van der Waals surface area (Å²) < 4.78 is 4.09. The van der Waals surface area contributed by atoms with Gasteiger partial charge in [-0.15, -0.1) is 11.3 Å². The van der Waals surface area contributed by atoms with E-state index in [0.717, 1.165) is 26.5 Å². The lowest BCUT2D eigenvalue weighted by Crippen LogP contribution is -2.37. The van der Waals surface area contributed by atoms with Crippen molar-refractivity contribution in [2.45, 2.75) is 26.3 Å². The van der Waals surface area contributed by atoms with Crippen molar-refractivity contribution in [1.82, 2.24) is 23.7 Å². The van der Waals surface area contributed by atoms with Crippen molar-refractivity contribution in [3.05, 3.63) is 61.8 Å². The van der Waals surface area contributed by atoms with Crippen LogP contribution in [0.1, 0.15) is 17.8 Å². The van der Waals surface area contributed by atoms with Crippen LogP contribution < -0.4 is 16.6 Å². The Hall–Kier alpha value is -3.53. The lowest BCUT2D eigenvalue weighted by atomic mass is 10.1. The fourth-order valence-corrected chi connectivity index (χ4v) is 4.04. The lowest BCUT2D eigenvalue weighted by molar-refractivity contribution is -0.116. The third-order valence-electron chi connectivity index (χ3n) is 5.10. The van der Waals surface area contributed by atoms with Crippen LogP contribution in [-0.2, 0) is 25.4 Å². The molecule has 0 bridgehead atoms. The summed E-state index contributed by atoms with van der Waals surface area (Å²) in [5.74, 6) is -0.109. The molecule has 0 unspecified atom stereocenters. The smallest absolute Gasteiger partial charge is 0.326 e. The summed E-state index contributed by atoms with van der Waals surface area (Å²) in [6, 6.07) is 7.58. The molecule has 0 spiro atoms. The molecule has 4 rings (SSSR count). The maximum atomic E-state index is 12.5. The third kappa shape index (κ3) is 4.06. The Kier molecular flexibility index (Phi) is 5.55. The van der Waals surface area contributed by atoms with Gasteiger partial charge < -0.3 is 9.88 Å². The molecule has 0 radical (unpaired) electrons. The molecule has 0 aliphatic heterocycles. The first-order chi connectivity index (χ1) is 14.8. The molecule has 0 aliphatic rings. The summed E-state index contributed by atoms with van der Waals surface area (Å²) >= 11 is 1.60. The molecular weight excluding hydrogens is 416 g/mol. The van der Waals surface area contributed by atoms with Crippen LogP contribution in [0.4, 0.5) is 5.69 Å². The minimum absolute atomic E-state index is 0.109. The molecule has 3 aromatic heterocycles. The normalized spacial score (nSPS) is 11.2. The first-order valence-corrected chi connectivity index (χ1v) is 10.7. The van der Waals surface area contributed by atoms with Crippen LogP contribution in [0.2, 0.25) is 0 Å². The second-order valence-corrected chi connectivity index (χ2v) is 8.36. The van der Waals surface area contributed by atoms with Gasteiger partial charge >= 0.3 is 5.69 Å². The number of nitrogens with zero attached hydrogens (tertiary/aromatic N) is 5. The molecule has 160 valence electrons. The molecule has 4 aromatic rings. The molecule has 0 saturated carbocycles. The Morgan fingerprint density at radius 2 is 1.87 bits per heavy atom. The second kappa shape index (κ2) is 8.31. The van der Waals surface area contributed by atoms with Gasteiger partial charge in [0.1, 0.15) is 0 Å². The fourth-order valence-electron chi connectivity index (χ4n) is 3.42. The summed E-state index contributed by atoms with van der Waals surface area (Å²) in [5.41, 5.74) is 2.54. The van der Waals surface area contributed by atoms with Gasteiger partial charge in [-0.25, -0.2) is 14.8 Å². The van der Waals surface area contributed by atoms with E-state index in [2.05, 4.69) is 15.3 Å². The minimum Gasteiger partial charge on any atom is -0.326 e. The number of carbonyl (C=O) groups is 1. The van der Waals surface area contributed by atoms with E-state index in [9.17, 15) is 14.4 Å². The van der Waals surface area contributed by atoms with Gasteiger partial charge in [-0.2, -0.15) is 0 Å². The van der Waals surface area contributed by atoms with Crippen molar-refractivity contribution in [1.29, 1.82) is 0 Å². The molecule has 0 atom stereocenters. The molecule has 31 heavy (non-hydrogen) atoms. The van der Waals surface area contributed by atoms with Crippen LogP contribution in [0, 0.1) is 6.92 Å². The van der Waals surface area contributed by atoms with Crippen molar-refractivity contribution >= 4 is 34.1 Å². The Balaban J connectivity index is 1.38. The largest absolute Gasteiger partial charge is 0.332 e. The van der Waals surface area contributed by atoms with E-state index in [1.54, 1.807) is 23.0 Å². The summed E-state index contributed by atoms with van der Waals surface area (Å²) in [5, 5.41) is 5.91. The van der Waals surface area contributed by atoms with Crippen LogP contribution in [0.15, 0.2) is 45.6 Å². The standard InChI is InChI=1S/C21H22N6O3S/c1-13-23-16(11-31-13)14-6-8-15(9-7-14)24-17(28)5-4-10-27-12-22-19-18(27)20(29)26(3)21(30)25(19)2/h6-9,11-12H,4-5,10H2,1-3H3,(H,24,28).